The van der Waals surface area contributed by atoms with Gasteiger partial charge in [0.15, 0.2) is 0 Å². The maximum absolute atomic E-state index is 13.4. The lowest BCUT2D eigenvalue weighted by atomic mass is 9.88. The number of hydrogen-bond acceptors (Lipinski definition) is 4. The Bertz CT molecular complexity index is 906. The quantitative estimate of drug-likeness (QED) is 0.145. The molecule has 0 heterocycles. The molecule has 0 aromatic rings. The lowest BCUT2D eigenvalue weighted by molar-refractivity contribution is -0.461. The molecule has 230 valence electrons. The van der Waals surface area contributed by atoms with Gasteiger partial charge in [0, 0.05) is 11.6 Å². The lowest BCUT2D eigenvalue weighted by Crippen LogP contribution is -2.74. The van der Waals surface area contributed by atoms with E-state index in [2.05, 4.69) is 22.6 Å². The standard InChI is InChI=1S/C13H7F17O2.C5H8O2/c1-2-5(31)32-4-3-6(14,15)7(16,17)8(18,19)9(20,21)10(22,23)11(24,25)12(26,27)13(28,29)30;1-4(2)5(6)7-3/h2H,1,3-4H2;1H2,2-3H3. The van der Waals surface area contributed by atoms with Gasteiger partial charge in [-0.3, -0.25) is 0 Å². The summed E-state index contributed by atoms with van der Waals surface area (Å²) in [6, 6.07) is 0. The van der Waals surface area contributed by atoms with Crippen LogP contribution in [0, 0.1) is 0 Å². The lowest BCUT2D eigenvalue weighted by Gasteiger charge is -2.42. The highest BCUT2D eigenvalue weighted by molar-refractivity contribution is 5.86. The first-order chi connectivity index (χ1) is 16.9. The molecule has 0 amide bonds. The minimum Gasteiger partial charge on any atom is -0.466 e. The van der Waals surface area contributed by atoms with Crippen molar-refractivity contribution in [3.63, 3.8) is 0 Å². The number of rotatable bonds is 11. The maximum Gasteiger partial charge on any atom is 0.460 e. The van der Waals surface area contributed by atoms with E-state index in [4.69, 9.17) is 0 Å². The molecule has 21 heteroatoms. The van der Waals surface area contributed by atoms with E-state index in [1.165, 1.54) is 7.11 Å². The summed E-state index contributed by atoms with van der Waals surface area (Å²) in [6.07, 6.45) is -10.4. The zero-order valence-corrected chi connectivity index (χ0v) is 19.0. The molecule has 0 saturated heterocycles. The second-order valence-corrected chi connectivity index (χ2v) is 7.04. The van der Waals surface area contributed by atoms with E-state index >= 15 is 0 Å². The largest absolute Gasteiger partial charge is 0.466 e. The first kappa shape index (κ1) is 38.4. The van der Waals surface area contributed by atoms with Crippen molar-refractivity contribution < 1.29 is 93.7 Å². The smallest absolute Gasteiger partial charge is 0.460 e. The average molecular weight is 618 g/mol. The topological polar surface area (TPSA) is 52.6 Å². The summed E-state index contributed by atoms with van der Waals surface area (Å²) in [5, 5.41) is 0. The Morgan fingerprint density at radius 1 is 0.667 bits per heavy atom. The molecule has 0 aromatic heterocycles. The zero-order valence-electron chi connectivity index (χ0n) is 19.0. The number of carbonyl (C=O) groups is 2. The third-order valence-electron chi connectivity index (χ3n) is 4.15. The summed E-state index contributed by atoms with van der Waals surface area (Å²) >= 11 is 0. The molecule has 0 aliphatic rings. The van der Waals surface area contributed by atoms with E-state index in [0.29, 0.717) is 5.57 Å². The predicted molar refractivity (Wildman–Crippen MR) is 93.3 cm³/mol. The van der Waals surface area contributed by atoms with Gasteiger partial charge in [0.2, 0.25) is 0 Å². The van der Waals surface area contributed by atoms with Crippen LogP contribution in [0.15, 0.2) is 24.8 Å². The van der Waals surface area contributed by atoms with Crippen LogP contribution in [-0.4, -0.2) is 73.3 Å². The van der Waals surface area contributed by atoms with E-state index in [1.54, 1.807) is 6.92 Å². The molecular formula is C18H15F17O4. The molecule has 39 heavy (non-hydrogen) atoms. The number of ether oxygens (including phenoxy) is 2. The summed E-state index contributed by atoms with van der Waals surface area (Å²) < 4.78 is 228. The van der Waals surface area contributed by atoms with E-state index < -0.39 is 66.6 Å². The third kappa shape index (κ3) is 6.87. The zero-order chi connectivity index (χ0) is 32.3. The molecule has 0 bridgehead atoms. The summed E-state index contributed by atoms with van der Waals surface area (Å²) in [6.45, 7) is 5.62. The van der Waals surface area contributed by atoms with Crippen molar-refractivity contribution in [3.8, 4) is 0 Å². The average Bonchev–Trinajstić information content (AvgIpc) is 2.76. The second-order valence-electron chi connectivity index (χ2n) is 7.04. The van der Waals surface area contributed by atoms with Crippen molar-refractivity contribution in [3.05, 3.63) is 24.8 Å². The summed E-state index contributed by atoms with van der Waals surface area (Å²) in [7, 11) is 1.33. The summed E-state index contributed by atoms with van der Waals surface area (Å²) in [4.78, 5) is 20.7. The molecule has 4 nitrogen and oxygen atoms in total. The highest BCUT2D eigenvalue weighted by Crippen LogP contribution is 2.64. The highest BCUT2D eigenvalue weighted by Gasteiger charge is 2.95. The van der Waals surface area contributed by atoms with Gasteiger partial charge >= 0.3 is 59.6 Å². The molecule has 0 fully saturated rings. The molecule has 0 radical (unpaired) electrons. The predicted octanol–water partition coefficient (Wildman–Crippen LogP) is 6.85. The van der Waals surface area contributed by atoms with Crippen molar-refractivity contribution in [1.29, 1.82) is 0 Å². The molecule has 0 atom stereocenters. The van der Waals surface area contributed by atoms with Gasteiger partial charge in [-0.25, -0.2) is 9.59 Å². The Balaban J connectivity index is 0. The van der Waals surface area contributed by atoms with E-state index in [9.17, 15) is 84.2 Å². The SMILES string of the molecule is C=C(C)C(=O)OC.C=CC(=O)OCCC(F)(F)C(F)(F)C(F)(F)C(F)(F)C(F)(F)C(F)(F)C(F)(F)C(F)(F)F. The first-order valence-electron chi connectivity index (χ1n) is 9.13. The highest BCUT2D eigenvalue weighted by atomic mass is 19.4. The van der Waals surface area contributed by atoms with Crippen LogP contribution < -0.4 is 0 Å². The number of carbonyl (C=O) groups excluding carboxylic acids is 2. The number of hydrogen-bond donors (Lipinski definition) is 0. The normalized spacial score (nSPS) is 14.1. The van der Waals surface area contributed by atoms with Crippen LogP contribution in [0.3, 0.4) is 0 Å². The molecule has 0 aromatic carbocycles. The van der Waals surface area contributed by atoms with Crippen LogP contribution in [0.5, 0.6) is 0 Å². The minimum atomic E-state index is -8.67. The fourth-order valence-corrected chi connectivity index (χ4v) is 1.87. The van der Waals surface area contributed by atoms with Crippen LogP contribution >= 0.6 is 0 Å². The third-order valence-corrected chi connectivity index (χ3v) is 4.15. The van der Waals surface area contributed by atoms with E-state index in [0.717, 1.165) is 0 Å². The van der Waals surface area contributed by atoms with Crippen molar-refractivity contribution >= 4 is 11.9 Å². The molecule has 0 aliphatic heterocycles. The Morgan fingerprint density at radius 2 is 1.00 bits per heavy atom. The molecular weight excluding hydrogens is 603 g/mol. The second kappa shape index (κ2) is 11.8. The van der Waals surface area contributed by atoms with Crippen molar-refractivity contribution in [2.45, 2.75) is 61.0 Å². The summed E-state index contributed by atoms with van der Waals surface area (Å²) in [5.74, 6) is -58.8. The Morgan fingerprint density at radius 3 is 1.26 bits per heavy atom. The van der Waals surface area contributed by atoms with Gasteiger partial charge < -0.3 is 9.47 Å². The van der Waals surface area contributed by atoms with Gasteiger partial charge in [-0.2, -0.15) is 74.6 Å². The van der Waals surface area contributed by atoms with Gasteiger partial charge in [-0.05, 0) is 6.92 Å². The molecule has 0 aliphatic carbocycles. The van der Waals surface area contributed by atoms with Crippen LogP contribution in [0.4, 0.5) is 74.6 Å². The van der Waals surface area contributed by atoms with Crippen LogP contribution in [-0.2, 0) is 19.1 Å². The van der Waals surface area contributed by atoms with Gasteiger partial charge in [0.1, 0.15) is 0 Å². The van der Waals surface area contributed by atoms with Gasteiger partial charge in [0.25, 0.3) is 0 Å². The number of alkyl halides is 17. The number of methoxy groups -OCH3 is 1. The number of esters is 2. The van der Waals surface area contributed by atoms with Crippen molar-refractivity contribution in [2.24, 2.45) is 0 Å². The monoisotopic (exact) mass is 618 g/mol. The molecule has 0 spiro atoms. The number of halogens is 17. The summed E-state index contributed by atoms with van der Waals surface area (Å²) in [5.41, 5.74) is 0.433. The van der Waals surface area contributed by atoms with E-state index in [1.807, 2.05) is 0 Å². The fraction of sp³-hybridized carbons (Fsp3) is 0.667. The molecule has 0 unspecified atom stereocenters. The van der Waals surface area contributed by atoms with Crippen LogP contribution in [0.1, 0.15) is 13.3 Å². The fourth-order valence-electron chi connectivity index (χ4n) is 1.87. The van der Waals surface area contributed by atoms with Gasteiger partial charge in [0.05, 0.1) is 20.1 Å². The maximum atomic E-state index is 13.4. The van der Waals surface area contributed by atoms with E-state index in [-0.39, 0.29) is 12.0 Å². The van der Waals surface area contributed by atoms with Crippen molar-refractivity contribution in [1.82, 2.24) is 0 Å². The first-order valence-corrected chi connectivity index (χ1v) is 9.13. The van der Waals surface area contributed by atoms with Crippen LogP contribution in [0.25, 0.3) is 0 Å². The molecule has 0 rings (SSSR count). The Kier molecular flexibility index (Phi) is 11.6. The molecule has 0 saturated carbocycles. The Labute approximate surface area is 206 Å². The van der Waals surface area contributed by atoms with Gasteiger partial charge in [-0.15, -0.1) is 0 Å². The van der Waals surface area contributed by atoms with Crippen molar-refractivity contribution in [2.75, 3.05) is 13.7 Å². The van der Waals surface area contributed by atoms with Gasteiger partial charge in [-0.1, -0.05) is 13.2 Å². The molecule has 0 N–H and O–H groups in total. The minimum absolute atomic E-state index is 0.197. The Hall–Kier alpha value is -2.77. The van der Waals surface area contributed by atoms with Crippen LogP contribution in [0.2, 0.25) is 0 Å².